The second-order valence-electron chi connectivity index (χ2n) is 8.58. The summed E-state index contributed by atoms with van der Waals surface area (Å²) < 4.78 is 1.57. The van der Waals surface area contributed by atoms with E-state index >= 15 is 0 Å². The van der Waals surface area contributed by atoms with Gasteiger partial charge in [-0.2, -0.15) is 5.10 Å². The fourth-order valence-electron chi connectivity index (χ4n) is 4.65. The maximum absolute atomic E-state index is 12.9. The summed E-state index contributed by atoms with van der Waals surface area (Å²) >= 11 is 0. The van der Waals surface area contributed by atoms with Gasteiger partial charge in [-0.25, -0.2) is 9.48 Å². The maximum atomic E-state index is 12.9. The average Bonchev–Trinajstić information content (AvgIpc) is 3.16. The molecule has 2 aromatic rings. The van der Waals surface area contributed by atoms with Gasteiger partial charge in [0, 0.05) is 18.0 Å². The Labute approximate surface area is 177 Å². The fourth-order valence-corrected chi connectivity index (χ4v) is 4.65. The van der Waals surface area contributed by atoms with Crippen LogP contribution in [0, 0.1) is 0 Å². The van der Waals surface area contributed by atoms with Gasteiger partial charge in [-0.3, -0.25) is 4.79 Å². The summed E-state index contributed by atoms with van der Waals surface area (Å²) in [6, 6.07) is 7.65. The monoisotopic (exact) mass is 411 g/mol. The molecule has 0 unspecified atom stereocenters. The van der Waals surface area contributed by atoms with Crippen LogP contribution in [0.15, 0.2) is 29.1 Å². The van der Waals surface area contributed by atoms with Crippen molar-refractivity contribution < 1.29 is 4.79 Å². The molecule has 2 fully saturated rings. The molecule has 1 saturated heterocycles. The van der Waals surface area contributed by atoms with Crippen molar-refractivity contribution in [2.45, 2.75) is 70.5 Å². The third-order valence-corrected chi connectivity index (χ3v) is 6.38. The van der Waals surface area contributed by atoms with Crippen LogP contribution in [0.1, 0.15) is 57.1 Å². The number of nitrogens with zero attached hydrogens (tertiary/aromatic N) is 3. The van der Waals surface area contributed by atoms with Gasteiger partial charge in [0.2, 0.25) is 0 Å². The fraction of sp³-hybridized carbons (Fsp3) is 0.609. The number of hydrogen-bond acceptors (Lipinski definition) is 4. The highest BCUT2D eigenvalue weighted by Crippen LogP contribution is 2.17. The largest absolute Gasteiger partial charge is 0.335 e. The highest BCUT2D eigenvalue weighted by molar-refractivity contribution is 5.84. The summed E-state index contributed by atoms with van der Waals surface area (Å²) in [4.78, 5) is 27.7. The Hall–Kier alpha value is -2.41. The average molecular weight is 412 g/mol. The zero-order valence-corrected chi connectivity index (χ0v) is 17.7. The van der Waals surface area contributed by atoms with Gasteiger partial charge in [0.15, 0.2) is 0 Å². The molecule has 1 aliphatic carbocycles. The quantitative estimate of drug-likeness (QED) is 0.716. The Morgan fingerprint density at radius 1 is 0.967 bits per heavy atom. The van der Waals surface area contributed by atoms with Crippen LogP contribution in [0.25, 0.3) is 10.8 Å². The predicted octanol–water partition coefficient (Wildman–Crippen LogP) is 3.01. The number of urea groups is 1. The summed E-state index contributed by atoms with van der Waals surface area (Å²) in [5, 5.41) is 12.2. The summed E-state index contributed by atoms with van der Waals surface area (Å²) in [7, 11) is 0. The molecule has 0 spiro atoms. The van der Waals surface area contributed by atoms with Crippen molar-refractivity contribution in [1.29, 1.82) is 0 Å². The molecule has 7 nitrogen and oxygen atoms in total. The first kappa shape index (κ1) is 20.8. The first-order valence-corrected chi connectivity index (χ1v) is 11.5. The Morgan fingerprint density at radius 2 is 1.67 bits per heavy atom. The van der Waals surface area contributed by atoms with Crippen molar-refractivity contribution in [3.63, 3.8) is 0 Å². The standard InChI is InChI=1S/C23H33N5O2/c29-22-20-12-6-5-11-19(20)21(26-28(22)16-15-27-13-7-8-14-27)17-24-23(30)25-18-9-3-1-2-4-10-18/h5-6,11-12,18H,1-4,7-10,13-17H2,(H2,24,25,30). The first-order valence-electron chi connectivity index (χ1n) is 11.5. The molecular weight excluding hydrogens is 378 g/mol. The lowest BCUT2D eigenvalue weighted by molar-refractivity contribution is 0.235. The Balaban J connectivity index is 1.45. The minimum atomic E-state index is -0.150. The van der Waals surface area contributed by atoms with E-state index in [1.165, 1.54) is 38.5 Å². The molecule has 2 N–H and O–H groups in total. The van der Waals surface area contributed by atoms with Crippen LogP contribution in [-0.2, 0) is 13.1 Å². The maximum Gasteiger partial charge on any atom is 0.315 e. The number of benzene rings is 1. The van der Waals surface area contributed by atoms with Gasteiger partial charge in [-0.1, -0.05) is 43.9 Å². The van der Waals surface area contributed by atoms with E-state index in [1.54, 1.807) is 4.68 Å². The normalized spacial score (nSPS) is 18.4. The first-order chi connectivity index (χ1) is 14.7. The molecule has 2 heterocycles. The molecule has 30 heavy (non-hydrogen) atoms. The van der Waals surface area contributed by atoms with E-state index in [2.05, 4.69) is 20.6 Å². The SMILES string of the molecule is O=C(NCc1nn(CCN2CCCC2)c(=O)c2ccccc12)NC1CCCCCC1. The van der Waals surface area contributed by atoms with Crippen molar-refractivity contribution in [2.75, 3.05) is 19.6 Å². The van der Waals surface area contributed by atoms with Crippen LogP contribution in [0.5, 0.6) is 0 Å². The molecule has 0 radical (unpaired) electrons. The molecule has 1 aliphatic heterocycles. The molecule has 0 atom stereocenters. The van der Waals surface area contributed by atoms with Gasteiger partial charge in [-0.05, 0) is 44.8 Å². The zero-order chi connectivity index (χ0) is 20.8. The van der Waals surface area contributed by atoms with Crippen molar-refractivity contribution in [2.24, 2.45) is 0 Å². The predicted molar refractivity (Wildman–Crippen MR) is 119 cm³/mol. The molecule has 0 bridgehead atoms. The zero-order valence-electron chi connectivity index (χ0n) is 17.7. The van der Waals surface area contributed by atoms with Crippen LogP contribution in [0.2, 0.25) is 0 Å². The number of carbonyl (C=O) groups is 1. The highest BCUT2D eigenvalue weighted by atomic mass is 16.2. The van der Waals surface area contributed by atoms with E-state index in [1.807, 2.05) is 24.3 Å². The van der Waals surface area contributed by atoms with Gasteiger partial charge in [0.1, 0.15) is 0 Å². The third kappa shape index (κ3) is 5.19. The van der Waals surface area contributed by atoms with Gasteiger partial charge in [0.05, 0.1) is 24.2 Å². The van der Waals surface area contributed by atoms with Crippen molar-refractivity contribution in [3.05, 3.63) is 40.3 Å². The second-order valence-corrected chi connectivity index (χ2v) is 8.58. The van der Waals surface area contributed by atoms with Crippen LogP contribution >= 0.6 is 0 Å². The number of aromatic nitrogens is 2. The van der Waals surface area contributed by atoms with Crippen LogP contribution < -0.4 is 16.2 Å². The molecule has 2 aliphatic rings. The molecular formula is C23H33N5O2. The minimum Gasteiger partial charge on any atom is -0.335 e. The van der Waals surface area contributed by atoms with Gasteiger partial charge < -0.3 is 15.5 Å². The summed E-state index contributed by atoms with van der Waals surface area (Å²) in [5.41, 5.74) is 0.680. The molecule has 1 aromatic heterocycles. The van der Waals surface area contributed by atoms with Gasteiger partial charge in [-0.15, -0.1) is 0 Å². The van der Waals surface area contributed by atoms with Crippen molar-refractivity contribution in [3.8, 4) is 0 Å². The smallest absolute Gasteiger partial charge is 0.315 e. The molecule has 1 aromatic carbocycles. The van der Waals surface area contributed by atoms with Crippen molar-refractivity contribution in [1.82, 2.24) is 25.3 Å². The van der Waals surface area contributed by atoms with E-state index < -0.39 is 0 Å². The number of nitrogens with one attached hydrogen (secondary N) is 2. The second kappa shape index (κ2) is 10.1. The number of amides is 2. The number of rotatable bonds is 6. The lowest BCUT2D eigenvalue weighted by atomic mass is 10.1. The topological polar surface area (TPSA) is 79.3 Å². The summed E-state index contributed by atoms with van der Waals surface area (Å²) in [6.07, 6.45) is 9.43. The van der Waals surface area contributed by atoms with Crippen LogP contribution in [0.4, 0.5) is 4.79 Å². The molecule has 4 rings (SSSR count). The van der Waals surface area contributed by atoms with E-state index in [0.29, 0.717) is 18.5 Å². The van der Waals surface area contributed by atoms with Crippen molar-refractivity contribution >= 4 is 16.8 Å². The molecule has 7 heteroatoms. The van der Waals surface area contributed by atoms with Crippen LogP contribution in [-0.4, -0.2) is 46.4 Å². The Bertz CT molecular complexity index is 911. The van der Waals surface area contributed by atoms with Crippen LogP contribution in [0.3, 0.4) is 0 Å². The Morgan fingerprint density at radius 3 is 2.40 bits per heavy atom. The number of likely N-dealkylation sites (tertiary alicyclic amines) is 1. The number of hydrogen-bond donors (Lipinski definition) is 2. The minimum absolute atomic E-state index is 0.0588. The van der Waals surface area contributed by atoms with E-state index in [9.17, 15) is 9.59 Å². The lowest BCUT2D eigenvalue weighted by Crippen LogP contribution is -2.42. The Kier molecular flexibility index (Phi) is 7.00. The molecule has 1 saturated carbocycles. The molecule has 162 valence electrons. The highest BCUT2D eigenvalue weighted by Gasteiger charge is 2.17. The summed E-state index contributed by atoms with van der Waals surface area (Å²) in [6.45, 7) is 3.91. The lowest BCUT2D eigenvalue weighted by Gasteiger charge is -2.18. The van der Waals surface area contributed by atoms with E-state index in [-0.39, 0.29) is 17.6 Å². The third-order valence-electron chi connectivity index (χ3n) is 6.38. The number of fused-ring (bicyclic) bond motifs is 1. The summed E-state index contributed by atoms with van der Waals surface area (Å²) in [5.74, 6) is 0. The van der Waals surface area contributed by atoms with E-state index in [4.69, 9.17) is 0 Å². The number of carbonyl (C=O) groups excluding carboxylic acids is 1. The van der Waals surface area contributed by atoms with Gasteiger partial charge in [0.25, 0.3) is 5.56 Å². The van der Waals surface area contributed by atoms with Gasteiger partial charge >= 0.3 is 6.03 Å². The molecule has 2 amide bonds. The van der Waals surface area contributed by atoms with E-state index in [0.717, 1.165) is 43.6 Å².